The Morgan fingerprint density at radius 1 is 1.33 bits per heavy atom. The van der Waals surface area contributed by atoms with Crippen LogP contribution in [0.4, 0.5) is 0 Å². The molecule has 0 bridgehead atoms. The molecule has 2 heterocycles. The first-order valence-corrected chi connectivity index (χ1v) is 8.51. The van der Waals surface area contributed by atoms with Gasteiger partial charge in [0.1, 0.15) is 6.10 Å². The lowest BCUT2D eigenvalue weighted by Crippen LogP contribution is -2.46. The van der Waals surface area contributed by atoms with E-state index in [1.54, 1.807) is 0 Å². The second-order valence-corrected chi connectivity index (χ2v) is 6.51. The Kier molecular flexibility index (Phi) is 5.21. The van der Waals surface area contributed by atoms with E-state index in [0.717, 1.165) is 16.8 Å². The number of halogens is 1. The van der Waals surface area contributed by atoms with Crippen LogP contribution in [0.5, 0.6) is 0 Å². The third-order valence-electron chi connectivity index (χ3n) is 4.31. The van der Waals surface area contributed by atoms with Gasteiger partial charge in [-0.2, -0.15) is 0 Å². The zero-order valence-corrected chi connectivity index (χ0v) is 14.6. The van der Waals surface area contributed by atoms with Crippen molar-refractivity contribution in [3.8, 4) is 0 Å². The van der Waals surface area contributed by atoms with Crippen molar-refractivity contribution < 1.29 is 14.1 Å². The number of carbonyl (C=O) groups excluding carboxylic acids is 1. The number of aryl methyl sites for hydroxylation is 1. The van der Waals surface area contributed by atoms with Gasteiger partial charge in [0.2, 0.25) is 11.1 Å². The van der Waals surface area contributed by atoms with Crippen LogP contribution < -0.4 is 0 Å². The summed E-state index contributed by atoms with van der Waals surface area (Å²) < 4.78 is 10.9. The minimum Gasteiger partial charge on any atom is -0.367 e. The van der Waals surface area contributed by atoms with Crippen LogP contribution in [0.1, 0.15) is 36.3 Å². The molecule has 1 aliphatic rings. The second kappa shape index (κ2) is 7.36. The summed E-state index contributed by atoms with van der Waals surface area (Å²) in [6.45, 7) is 5.01. The smallest absolute Gasteiger partial charge is 0.229 e. The van der Waals surface area contributed by atoms with E-state index in [4.69, 9.17) is 20.9 Å². The highest BCUT2D eigenvalue weighted by atomic mass is 35.5. The summed E-state index contributed by atoms with van der Waals surface area (Å²) >= 11 is 5.97. The van der Waals surface area contributed by atoms with Crippen LogP contribution >= 0.6 is 11.6 Å². The van der Waals surface area contributed by atoms with Crippen LogP contribution in [-0.2, 0) is 16.0 Å². The van der Waals surface area contributed by atoms with Gasteiger partial charge < -0.3 is 14.2 Å². The number of benzene rings is 1. The highest BCUT2D eigenvalue weighted by molar-refractivity contribution is 6.29. The molecular weight excluding hydrogens is 328 g/mol. The number of morpholine rings is 1. The van der Waals surface area contributed by atoms with Crippen molar-refractivity contribution in [2.75, 3.05) is 13.1 Å². The predicted octanol–water partition coefficient (Wildman–Crippen LogP) is 3.56. The van der Waals surface area contributed by atoms with Gasteiger partial charge in [0.15, 0.2) is 0 Å². The molecule has 1 amide bonds. The normalized spacial score (nSPS) is 21.0. The number of carbonyl (C=O) groups is 1. The van der Waals surface area contributed by atoms with Crippen molar-refractivity contribution in [3.05, 3.63) is 52.4 Å². The van der Waals surface area contributed by atoms with Gasteiger partial charge in [0.25, 0.3) is 0 Å². The zero-order valence-electron chi connectivity index (χ0n) is 13.9. The Bertz CT molecular complexity index is 682. The van der Waals surface area contributed by atoms with Crippen molar-refractivity contribution >= 4 is 17.5 Å². The van der Waals surface area contributed by atoms with E-state index in [1.807, 2.05) is 49.1 Å². The molecule has 0 N–H and O–H groups in total. The molecule has 24 heavy (non-hydrogen) atoms. The lowest BCUT2D eigenvalue weighted by atomic mass is 10.1. The Morgan fingerprint density at radius 3 is 2.75 bits per heavy atom. The Hall–Kier alpha value is -1.85. The van der Waals surface area contributed by atoms with Crippen LogP contribution in [0.25, 0.3) is 0 Å². The summed E-state index contributed by atoms with van der Waals surface area (Å²) in [7, 11) is 0. The van der Waals surface area contributed by atoms with Crippen LogP contribution in [0.2, 0.25) is 5.22 Å². The fraction of sp³-hybridized carbons (Fsp3) is 0.444. The van der Waals surface area contributed by atoms with Gasteiger partial charge in [-0.1, -0.05) is 35.5 Å². The molecule has 1 saturated heterocycles. The summed E-state index contributed by atoms with van der Waals surface area (Å²) in [5.74, 6) is 0.0998. The number of hydrogen-bond acceptors (Lipinski definition) is 4. The van der Waals surface area contributed by atoms with E-state index >= 15 is 0 Å². The Morgan fingerprint density at radius 2 is 2.08 bits per heavy atom. The number of rotatable bonds is 4. The van der Waals surface area contributed by atoms with Gasteiger partial charge in [-0.15, -0.1) is 0 Å². The maximum Gasteiger partial charge on any atom is 0.229 e. The lowest BCUT2D eigenvalue weighted by Gasteiger charge is -2.37. The van der Waals surface area contributed by atoms with Crippen molar-refractivity contribution in [3.63, 3.8) is 0 Å². The van der Waals surface area contributed by atoms with Gasteiger partial charge in [-0.05, 0) is 37.4 Å². The number of amides is 1. The van der Waals surface area contributed by atoms with Crippen LogP contribution in [0, 0.1) is 6.92 Å². The van der Waals surface area contributed by atoms with Crippen molar-refractivity contribution in [2.45, 2.75) is 38.9 Å². The summed E-state index contributed by atoms with van der Waals surface area (Å²) in [5.41, 5.74) is 2.65. The molecule has 0 radical (unpaired) electrons. The number of ether oxygens (including phenoxy) is 1. The minimum atomic E-state index is -0.0835. The lowest BCUT2D eigenvalue weighted by molar-refractivity contribution is -0.144. The molecular formula is C18H21ClN2O3. The fourth-order valence-electron chi connectivity index (χ4n) is 3.04. The van der Waals surface area contributed by atoms with E-state index in [0.29, 0.717) is 25.9 Å². The number of hydrogen-bond donors (Lipinski definition) is 0. The van der Waals surface area contributed by atoms with E-state index in [2.05, 4.69) is 5.16 Å². The van der Waals surface area contributed by atoms with Gasteiger partial charge in [0.05, 0.1) is 18.3 Å². The van der Waals surface area contributed by atoms with Gasteiger partial charge in [-0.3, -0.25) is 4.79 Å². The second-order valence-electron chi connectivity index (χ2n) is 6.16. The first-order chi connectivity index (χ1) is 11.5. The molecule has 0 unspecified atom stereocenters. The maximum atomic E-state index is 12.6. The maximum absolute atomic E-state index is 12.6. The molecule has 2 atom stereocenters. The number of nitrogens with zero attached hydrogens (tertiary/aromatic N) is 2. The van der Waals surface area contributed by atoms with Crippen molar-refractivity contribution in [1.29, 1.82) is 0 Å². The van der Waals surface area contributed by atoms with Crippen molar-refractivity contribution in [1.82, 2.24) is 10.1 Å². The quantitative estimate of drug-likeness (QED) is 0.847. The fourth-order valence-corrected chi connectivity index (χ4v) is 3.30. The molecule has 6 heteroatoms. The summed E-state index contributed by atoms with van der Waals surface area (Å²) in [5, 5.41) is 4.09. The summed E-state index contributed by atoms with van der Waals surface area (Å²) in [6.07, 6.45) is 0.846. The van der Waals surface area contributed by atoms with E-state index in [9.17, 15) is 4.79 Å². The van der Waals surface area contributed by atoms with E-state index in [-0.39, 0.29) is 23.3 Å². The molecule has 1 fully saturated rings. The Balaban J connectivity index is 1.64. The largest absolute Gasteiger partial charge is 0.367 e. The summed E-state index contributed by atoms with van der Waals surface area (Å²) in [4.78, 5) is 14.5. The first-order valence-electron chi connectivity index (χ1n) is 8.13. The van der Waals surface area contributed by atoms with E-state index < -0.39 is 0 Å². The number of aromatic nitrogens is 1. The average molecular weight is 349 g/mol. The SMILES string of the molecule is Cc1noc(Cl)c1CCC(=O)N1C[C@@H](C)O[C@@H](c2ccccc2)C1. The average Bonchev–Trinajstić information content (AvgIpc) is 2.91. The molecule has 2 aromatic rings. The molecule has 0 aliphatic carbocycles. The standard InChI is InChI=1S/C18H21ClN2O3/c1-12-10-21(11-16(23-12)14-6-4-3-5-7-14)17(22)9-8-15-13(2)20-24-18(15)19/h3-7,12,16H,8-11H2,1-2H3/t12-,16-/m1/s1. The van der Waals surface area contributed by atoms with Crippen LogP contribution in [0.15, 0.2) is 34.9 Å². The van der Waals surface area contributed by atoms with Crippen LogP contribution in [-0.4, -0.2) is 35.2 Å². The topological polar surface area (TPSA) is 55.6 Å². The zero-order chi connectivity index (χ0) is 17.1. The van der Waals surface area contributed by atoms with Crippen molar-refractivity contribution in [2.24, 2.45) is 0 Å². The molecule has 1 aromatic carbocycles. The van der Waals surface area contributed by atoms with Gasteiger partial charge >= 0.3 is 0 Å². The predicted molar refractivity (Wildman–Crippen MR) is 90.9 cm³/mol. The third kappa shape index (κ3) is 3.79. The molecule has 1 aromatic heterocycles. The molecule has 3 rings (SSSR count). The molecule has 0 saturated carbocycles. The highest BCUT2D eigenvalue weighted by Gasteiger charge is 2.29. The summed E-state index contributed by atoms with van der Waals surface area (Å²) in [6, 6.07) is 10.0. The monoisotopic (exact) mass is 348 g/mol. The third-order valence-corrected chi connectivity index (χ3v) is 4.61. The van der Waals surface area contributed by atoms with E-state index in [1.165, 1.54) is 0 Å². The first kappa shape index (κ1) is 17.0. The Labute approximate surface area is 146 Å². The molecule has 0 spiro atoms. The molecule has 1 aliphatic heterocycles. The van der Waals surface area contributed by atoms with Gasteiger partial charge in [-0.25, -0.2) is 0 Å². The van der Waals surface area contributed by atoms with Gasteiger partial charge in [0, 0.05) is 18.5 Å². The molecule has 128 valence electrons. The van der Waals surface area contributed by atoms with Crippen LogP contribution in [0.3, 0.4) is 0 Å². The molecule has 5 nitrogen and oxygen atoms in total. The highest BCUT2D eigenvalue weighted by Crippen LogP contribution is 2.26. The minimum absolute atomic E-state index is 0.00817.